The molecule has 1 aliphatic rings. The summed E-state index contributed by atoms with van der Waals surface area (Å²) < 4.78 is 1.02. The largest absolute Gasteiger partial charge is 0.360 e. The Morgan fingerprint density at radius 2 is 2.21 bits per heavy atom. The Kier molecular flexibility index (Phi) is 3.62. The molecule has 0 saturated carbocycles. The van der Waals surface area contributed by atoms with Gasteiger partial charge in [-0.25, -0.2) is 0 Å². The van der Waals surface area contributed by atoms with Gasteiger partial charge in [-0.15, -0.1) is 0 Å². The molecule has 2 N–H and O–H groups in total. The smallest absolute Gasteiger partial charge is 0.172 e. The van der Waals surface area contributed by atoms with E-state index in [1.165, 1.54) is 0 Å². The van der Waals surface area contributed by atoms with Crippen LogP contribution in [0.2, 0.25) is 0 Å². The number of H-pyrrole nitrogens is 1. The highest BCUT2D eigenvalue weighted by molar-refractivity contribution is 14.1. The first-order valence-corrected chi connectivity index (χ1v) is 8.17. The topological polar surface area (TPSA) is 44.9 Å². The Balaban J connectivity index is 2.03. The van der Waals surface area contributed by atoms with E-state index in [0.29, 0.717) is 5.78 Å². The molecular formula is C15H17IN2O. The standard InChI is InChI=1S/C15H17IN2O/c16-7-5-15(6-8-17-10-15)14(19)12-9-18-13-4-2-1-3-11(12)13/h1-4,9,17-18H,5-8,10H2. The first kappa shape index (κ1) is 13.1. The Bertz CT molecular complexity index is 599. The lowest BCUT2D eigenvalue weighted by atomic mass is 9.77. The number of benzene rings is 1. The zero-order valence-electron chi connectivity index (χ0n) is 10.7. The van der Waals surface area contributed by atoms with E-state index >= 15 is 0 Å². The van der Waals surface area contributed by atoms with Gasteiger partial charge in [0.15, 0.2) is 5.78 Å². The quantitative estimate of drug-likeness (QED) is 0.495. The van der Waals surface area contributed by atoms with E-state index in [2.05, 4.69) is 32.9 Å². The molecule has 1 aromatic carbocycles. The number of carbonyl (C=O) groups excluding carboxylic acids is 1. The number of alkyl halides is 1. The molecule has 3 rings (SSSR count). The Hall–Kier alpha value is -0.880. The average molecular weight is 368 g/mol. The highest BCUT2D eigenvalue weighted by Crippen LogP contribution is 2.36. The number of carbonyl (C=O) groups is 1. The third-order valence-corrected chi connectivity index (χ3v) is 4.67. The van der Waals surface area contributed by atoms with E-state index in [1.54, 1.807) is 0 Å². The first-order chi connectivity index (χ1) is 9.27. The van der Waals surface area contributed by atoms with Crippen molar-refractivity contribution in [2.45, 2.75) is 12.8 Å². The minimum Gasteiger partial charge on any atom is -0.360 e. The van der Waals surface area contributed by atoms with Crippen molar-refractivity contribution in [2.75, 3.05) is 17.5 Å². The van der Waals surface area contributed by atoms with Crippen molar-refractivity contribution in [3.05, 3.63) is 36.0 Å². The van der Waals surface area contributed by atoms with Gasteiger partial charge in [-0.1, -0.05) is 40.8 Å². The van der Waals surface area contributed by atoms with Crippen LogP contribution in [0.1, 0.15) is 23.2 Å². The van der Waals surface area contributed by atoms with Crippen LogP contribution < -0.4 is 5.32 Å². The lowest BCUT2D eigenvalue weighted by molar-refractivity contribution is 0.0815. The van der Waals surface area contributed by atoms with Crippen LogP contribution >= 0.6 is 22.6 Å². The molecule has 1 atom stereocenters. The highest BCUT2D eigenvalue weighted by Gasteiger charge is 2.41. The number of para-hydroxylation sites is 1. The van der Waals surface area contributed by atoms with Crippen LogP contribution in [0.4, 0.5) is 0 Å². The molecule has 0 spiro atoms. The van der Waals surface area contributed by atoms with Gasteiger partial charge in [-0.2, -0.15) is 0 Å². The number of rotatable bonds is 4. The Labute approximate surface area is 126 Å². The number of aromatic amines is 1. The summed E-state index contributed by atoms with van der Waals surface area (Å²) in [6, 6.07) is 8.03. The number of ketones is 1. The molecule has 0 bridgehead atoms. The van der Waals surface area contributed by atoms with Gasteiger partial charge in [0, 0.05) is 39.1 Å². The Morgan fingerprint density at radius 1 is 1.37 bits per heavy atom. The minimum absolute atomic E-state index is 0.202. The van der Waals surface area contributed by atoms with E-state index in [0.717, 1.165) is 46.8 Å². The summed E-state index contributed by atoms with van der Waals surface area (Å²) >= 11 is 2.37. The van der Waals surface area contributed by atoms with Crippen molar-refractivity contribution in [1.29, 1.82) is 0 Å². The monoisotopic (exact) mass is 368 g/mol. The van der Waals surface area contributed by atoms with Gasteiger partial charge in [0.2, 0.25) is 0 Å². The third kappa shape index (κ3) is 2.21. The molecule has 19 heavy (non-hydrogen) atoms. The van der Waals surface area contributed by atoms with Gasteiger partial charge < -0.3 is 10.3 Å². The fourth-order valence-electron chi connectivity index (χ4n) is 2.99. The van der Waals surface area contributed by atoms with E-state index in [4.69, 9.17) is 0 Å². The first-order valence-electron chi connectivity index (χ1n) is 6.64. The number of aromatic nitrogens is 1. The van der Waals surface area contributed by atoms with Crippen LogP contribution in [0.15, 0.2) is 30.5 Å². The van der Waals surface area contributed by atoms with Gasteiger partial charge in [0.05, 0.1) is 0 Å². The fraction of sp³-hybridized carbons (Fsp3) is 0.400. The van der Waals surface area contributed by atoms with Crippen molar-refractivity contribution in [3.63, 3.8) is 0 Å². The molecular weight excluding hydrogens is 351 g/mol. The molecule has 1 saturated heterocycles. The van der Waals surface area contributed by atoms with Crippen LogP contribution in [-0.2, 0) is 0 Å². The van der Waals surface area contributed by atoms with Gasteiger partial charge >= 0.3 is 0 Å². The number of Topliss-reactive ketones (excluding diaryl/α,β-unsaturated/α-hetero) is 1. The molecule has 1 aromatic heterocycles. The maximum Gasteiger partial charge on any atom is 0.172 e. The minimum atomic E-state index is -0.202. The van der Waals surface area contributed by atoms with Crippen molar-refractivity contribution in [2.24, 2.45) is 5.41 Å². The van der Waals surface area contributed by atoms with Crippen LogP contribution in [-0.4, -0.2) is 28.3 Å². The number of fused-ring (bicyclic) bond motifs is 1. The zero-order valence-corrected chi connectivity index (χ0v) is 12.9. The van der Waals surface area contributed by atoms with E-state index < -0.39 is 0 Å². The second-order valence-electron chi connectivity index (χ2n) is 5.22. The molecule has 0 radical (unpaired) electrons. The summed E-state index contributed by atoms with van der Waals surface area (Å²) in [5.74, 6) is 0.298. The van der Waals surface area contributed by atoms with Crippen molar-refractivity contribution in [1.82, 2.24) is 10.3 Å². The Morgan fingerprint density at radius 3 is 2.95 bits per heavy atom. The molecule has 1 unspecified atom stereocenters. The molecule has 4 heteroatoms. The van der Waals surface area contributed by atoms with Gasteiger partial charge in [-0.3, -0.25) is 4.79 Å². The number of halogens is 1. The summed E-state index contributed by atoms with van der Waals surface area (Å²) in [4.78, 5) is 16.2. The van der Waals surface area contributed by atoms with Crippen LogP contribution in [0.25, 0.3) is 10.9 Å². The molecule has 3 nitrogen and oxygen atoms in total. The van der Waals surface area contributed by atoms with Crippen LogP contribution in [0.5, 0.6) is 0 Å². The zero-order chi connectivity index (χ0) is 13.3. The lowest BCUT2D eigenvalue weighted by Crippen LogP contribution is -2.34. The van der Waals surface area contributed by atoms with Gasteiger partial charge in [0.1, 0.15) is 0 Å². The van der Waals surface area contributed by atoms with Crippen molar-refractivity contribution in [3.8, 4) is 0 Å². The van der Waals surface area contributed by atoms with Gasteiger partial charge in [-0.05, 0) is 25.5 Å². The molecule has 2 aromatic rings. The van der Waals surface area contributed by atoms with E-state index in [-0.39, 0.29) is 5.41 Å². The lowest BCUT2D eigenvalue weighted by Gasteiger charge is -2.25. The van der Waals surface area contributed by atoms with E-state index in [9.17, 15) is 4.79 Å². The second kappa shape index (κ2) is 5.25. The van der Waals surface area contributed by atoms with E-state index in [1.807, 2.05) is 30.5 Å². The molecule has 1 aliphatic heterocycles. The summed E-state index contributed by atoms with van der Waals surface area (Å²) in [6.07, 6.45) is 3.79. The van der Waals surface area contributed by atoms with Crippen LogP contribution in [0, 0.1) is 5.41 Å². The average Bonchev–Trinajstić information content (AvgIpc) is 3.05. The summed E-state index contributed by atoms with van der Waals surface area (Å²) in [6.45, 7) is 1.76. The summed E-state index contributed by atoms with van der Waals surface area (Å²) in [5.41, 5.74) is 1.69. The van der Waals surface area contributed by atoms with Crippen molar-refractivity contribution >= 4 is 39.3 Å². The molecule has 0 amide bonds. The second-order valence-corrected chi connectivity index (χ2v) is 6.30. The predicted octanol–water partition coefficient (Wildman–Crippen LogP) is 3.16. The third-order valence-electron chi connectivity index (χ3n) is 4.13. The van der Waals surface area contributed by atoms with Crippen molar-refractivity contribution < 1.29 is 4.79 Å². The fourth-order valence-corrected chi connectivity index (χ4v) is 4.02. The molecule has 100 valence electrons. The predicted molar refractivity (Wildman–Crippen MR) is 86.1 cm³/mol. The SMILES string of the molecule is O=C(c1c[nH]c2ccccc12)C1(CCI)CCNC1. The van der Waals surface area contributed by atoms with Gasteiger partial charge in [0.25, 0.3) is 0 Å². The summed E-state index contributed by atoms with van der Waals surface area (Å²) in [5, 5.41) is 4.40. The maximum absolute atomic E-state index is 13.0. The molecule has 0 aliphatic carbocycles. The number of hydrogen-bond donors (Lipinski definition) is 2. The number of hydrogen-bond acceptors (Lipinski definition) is 2. The van der Waals surface area contributed by atoms with Crippen LogP contribution in [0.3, 0.4) is 0 Å². The summed E-state index contributed by atoms with van der Waals surface area (Å²) in [7, 11) is 0. The number of nitrogens with one attached hydrogen (secondary N) is 2. The molecule has 1 fully saturated rings. The maximum atomic E-state index is 13.0. The molecule has 2 heterocycles. The highest BCUT2D eigenvalue weighted by atomic mass is 127. The normalized spacial score (nSPS) is 23.0.